The first-order valence-corrected chi connectivity index (χ1v) is 6.56. The zero-order valence-corrected chi connectivity index (χ0v) is 10.7. The maximum absolute atomic E-state index is 4.47. The minimum absolute atomic E-state index is 0.392. The van der Waals surface area contributed by atoms with E-state index in [0.29, 0.717) is 5.41 Å². The molecule has 3 heteroatoms. The van der Waals surface area contributed by atoms with Gasteiger partial charge in [0.15, 0.2) is 0 Å². The quantitative estimate of drug-likeness (QED) is 0.609. The van der Waals surface area contributed by atoms with E-state index in [-0.39, 0.29) is 0 Å². The number of aromatic nitrogens is 2. The summed E-state index contributed by atoms with van der Waals surface area (Å²) in [5.74, 6) is 0. The molecule has 1 aliphatic rings. The average molecular weight is 269 g/mol. The van der Waals surface area contributed by atoms with Crippen LogP contribution in [0, 0.1) is 5.41 Å². The molecular formula is C12H17BrN2. The predicted octanol–water partition coefficient (Wildman–Crippen LogP) is 3.08. The second-order valence-corrected chi connectivity index (χ2v) is 5.07. The molecule has 1 heterocycles. The summed E-state index contributed by atoms with van der Waals surface area (Å²) in [4.78, 5) is 0. The second kappa shape index (κ2) is 4.52. The van der Waals surface area contributed by atoms with E-state index in [1.807, 2.05) is 17.9 Å². The van der Waals surface area contributed by atoms with E-state index in [1.165, 1.54) is 25.0 Å². The maximum atomic E-state index is 4.47. The van der Waals surface area contributed by atoms with Gasteiger partial charge in [0.1, 0.15) is 0 Å². The fourth-order valence-corrected chi connectivity index (χ4v) is 2.92. The van der Waals surface area contributed by atoms with Crippen LogP contribution in [0.4, 0.5) is 0 Å². The Morgan fingerprint density at radius 1 is 1.53 bits per heavy atom. The lowest BCUT2D eigenvalue weighted by Crippen LogP contribution is -2.27. The SMILES string of the molecule is Cn1ccc(CC2(CBr)CC=CCC2)n1. The van der Waals surface area contributed by atoms with E-state index in [2.05, 4.69) is 39.2 Å². The van der Waals surface area contributed by atoms with Crippen LogP contribution in [0.2, 0.25) is 0 Å². The van der Waals surface area contributed by atoms with Crippen LogP contribution in [0.25, 0.3) is 0 Å². The summed E-state index contributed by atoms with van der Waals surface area (Å²) in [6, 6.07) is 2.13. The van der Waals surface area contributed by atoms with Crippen LogP contribution in [0.3, 0.4) is 0 Å². The molecule has 0 amide bonds. The van der Waals surface area contributed by atoms with Gasteiger partial charge in [-0.3, -0.25) is 4.68 Å². The molecule has 2 nitrogen and oxygen atoms in total. The first-order valence-electron chi connectivity index (χ1n) is 5.44. The minimum atomic E-state index is 0.392. The fourth-order valence-electron chi connectivity index (χ4n) is 2.21. The van der Waals surface area contributed by atoms with E-state index >= 15 is 0 Å². The van der Waals surface area contributed by atoms with Crippen molar-refractivity contribution in [1.82, 2.24) is 9.78 Å². The van der Waals surface area contributed by atoms with Crippen LogP contribution in [0.15, 0.2) is 24.4 Å². The molecule has 0 aliphatic heterocycles. The third-order valence-corrected chi connectivity index (χ3v) is 4.36. The Labute approximate surface area is 99.5 Å². The van der Waals surface area contributed by atoms with E-state index in [0.717, 1.165) is 11.8 Å². The minimum Gasteiger partial charge on any atom is -0.276 e. The molecule has 15 heavy (non-hydrogen) atoms. The highest BCUT2D eigenvalue weighted by Gasteiger charge is 2.29. The third kappa shape index (κ3) is 2.51. The van der Waals surface area contributed by atoms with Crippen LogP contribution in [0.5, 0.6) is 0 Å². The lowest BCUT2D eigenvalue weighted by molar-refractivity contribution is 0.297. The van der Waals surface area contributed by atoms with Gasteiger partial charge in [-0.1, -0.05) is 28.1 Å². The normalized spacial score (nSPS) is 25.7. The Morgan fingerprint density at radius 3 is 2.93 bits per heavy atom. The highest BCUT2D eigenvalue weighted by Crippen LogP contribution is 2.37. The van der Waals surface area contributed by atoms with Crippen molar-refractivity contribution >= 4 is 15.9 Å². The van der Waals surface area contributed by atoms with Crippen molar-refractivity contribution in [2.45, 2.75) is 25.7 Å². The summed E-state index contributed by atoms with van der Waals surface area (Å²) in [5, 5.41) is 5.54. The molecule has 0 fully saturated rings. The van der Waals surface area contributed by atoms with Crippen molar-refractivity contribution in [2.24, 2.45) is 12.5 Å². The summed E-state index contributed by atoms with van der Waals surface area (Å²) in [6.45, 7) is 0. The first-order chi connectivity index (χ1) is 7.24. The van der Waals surface area contributed by atoms with Crippen molar-refractivity contribution in [1.29, 1.82) is 0 Å². The number of hydrogen-bond acceptors (Lipinski definition) is 1. The summed E-state index contributed by atoms with van der Waals surface area (Å²) in [5.41, 5.74) is 1.61. The zero-order valence-electron chi connectivity index (χ0n) is 9.12. The molecule has 0 N–H and O–H groups in total. The van der Waals surface area contributed by atoms with E-state index in [1.54, 1.807) is 0 Å². The monoisotopic (exact) mass is 268 g/mol. The first kappa shape index (κ1) is 10.9. The molecule has 0 saturated heterocycles. The molecule has 0 bridgehead atoms. The Bertz CT molecular complexity index is 356. The molecule has 2 rings (SSSR count). The lowest BCUT2D eigenvalue weighted by Gasteiger charge is -2.32. The standard InChI is InChI=1S/C12H17BrN2/c1-15-8-5-11(14-15)9-12(10-13)6-3-2-4-7-12/h2-3,5,8H,4,6-7,9-10H2,1H3. The maximum Gasteiger partial charge on any atom is 0.0630 e. The van der Waals surface area contributed by atoms with Gasteiger partial charge < -0.3 is 0 Å². The Morgan fingerprint density at radius 2 is 2.40 bits per heavy atom. The molecule has 0 radical (unpaired) electrons. The molecule has 1 aromatic rings. The van der Waals surface area contributed by atoms with Crippen LogP contribution >= 0.6 is 15.9 Å². The highest BCUT2D eigenvalue weighted by molar-refractivity contribution is 9.09. The van der Waals surface area contributed by atoms with Crippen molar-refractivity contribution < 1.29 is 0 Å². The van der Waals surface area contributed by atoms with Crippen molar-refractivity contribution in [2.75, 3.05) is 5.33 Å². The van der Waals surface area contributed by atoms with Gasteiger partial charge in [0.25, 0.3) is 0 Å². The summed E-state index contributed by atoms with van der Waals surface area (Å²) in [7, 11) is 1.98. The van der Waals surface area contributed by atoms with E-state index < -0.39 is 0 Å². The average Bonchev–Trinajstić information content (AvgIpc) is 2.65. The molecule has 1 aromatic heterocycles. The van der Waals surface area contributed by atoms with Crippen molar-refractivity contribution in [3.8, 4) is 0 Å². The number of halogens is 1. The summed E-state index contributed by atoms with van der Waals surface area (Å²) in [6.07, 6.45) is 11.4. The number of alkyl halides is 1. The highest BCUT2D eigenvalue weighted by atomic mass is 79.9. The van der Waals surface area contributed by atoms with Crippen LogP contribution in [0.1, 0.15) is 25.0 Å². The van der Waals surface area contributed by atoms with Gasteiger partial charge in [-0.2, -0.15) is 5.10 Å². The molecule has 1 atom stereocenters. The molecule has 82 valence electrons. The molecule has 1 unspecified atom stereocenters. The number of hydrogen-bond donors (Lipinski definition) is 0. The molecule has 0 spiro atoms. The molecule has 0 aromatic carbocycles. The number of allylic oxidation sites excluding steroid dienone is 2. The van der Waals surface area contributed by atoms with Crippen LogP contribution in [-0.2, 0) is 13.5 Å². The van der Waals surface area contributed by atoms with Gasteiger partial charge in [0, 0.05) is 18.6 Å². The van der Waals surface area contributed by atoms with Gasteiger partial charge in [-0.25, -0.2) is 0 Å². The van der Waals surface area contributed by atoms with Gasteiger partial charge >= 0.3 is 0 Å². The van der Waals surface area contributed by atoms with Gasteiger partial charge in [0.2, 0.25) is 0 Å². The predicted molar refractivity (Wildman–Crippen MR) is 66.1 cm³/mol. The smallest absolute Gasteiger partial charge is 0.0630 e. The Balaban J connectivity index is 2.10. The van der Waals surface area contributed by atoms with E-state index in [9.17, 15) is 0 Å². The van der Waals surface area contributed by atoms with E-state index in [4.69, 9.17) is 0 Å². The van der Waals surface area contributed by atoms with Crippen molar-refractivity contribution in [3.05, 3.63) is 30.1 Å². The third-order valence-electron chi connectivity index (χ3n) is 3.17. The number of aryl methyl sites for hydroxylation is 1. The van der Waals surface area contributed by atoms with Crippen molar-refractivity contribution in [3.63, 3.8) is 0 Å². The molecule has 1 aliphatic carbocycles. The number of nitrogens with zero attached hydrogens (tertiary/aromatic N) is 2. The lowest BCUT2D eigenvalue weighted by atomic mass is 9.75. The largest absolute Gasteiger partial charge is 0.276 e. The topological polar surface area (TPSA) is 17.8 Å². The zero-order chi connectivity index (χ0) is 10.7. The summed E-state index contributed by atoms with van der Waals surface area (Å²) < 4.78 is 1.88. The Hall–Kier alpha value is -0.570. The van der Waals surface area contributed by atoms with Gasteiger partial charge in [-0.05, 0) is 37.2 Å². The second-order valence-electron chi connectivity index (χ2n) is 4.51. The summed E-state index contributed by atoms with van der Waals surface area (Å²) >= 11 is 3.66. The van der Waals surface area contributed by atoms with Gasteiger partial charge in [0.05, 0.1) is 5.69 Å². The van der Waals surface area contributed by atoms with Gasteiger partial charge in [-0.15, -0.1) is 0 Å². The fraction of sp³-hybridized carbons (Fsp3) is 0.583. The molecular weight excluding hydrogens is 252 g/mol. The Kier molecular flexibility index (Phi) is 3.29. The van der Waals surface area contributed by atoms with Crippen LogP contribution in [-0.4, -0.2) is 15.1 Å². The van der Waals surface area contributed by atoms with Crippen LogP contribution < -0.4 is 0 Å². The number of rotatable bonds is 3. The molecule has 0 saturated carbocycles.